The Labute approximate surface area is 148 Å². The summed E-state index contributed by atoms with van der Waals surface area (Å²) < 4.78 is 19.5. The average molecular weight is 357 g/mol. The average Bonchev–Trinajstić information content (AvgIpc) is 3.34. The molecule has 0 spiro atoms. The van der Waals surface area contributed by atoms with Crippen LogP contribution in [0.4, 0.5) is 9.52 Å². The molecule has 0 N–H and O–H groups in total. The minimum atomic E-state index is -0.368. The number of nitrogens with zero attached hydrogens (tertiary/aromatic N) is 3. The van der Waals surface area contributed by atoms with Gasteiger partial charge < -0.3 is 14.2 Å². The number of amides is 1. The first-order chi connectivity index (χ1) is 12.2. The SMILES string of the molecule is O=C(c1ccc(-c2ccccc2F)o1)N1CCN(c2nccs2)CC1. The second-order valence-electron chi connectivity index (χ2n) is 5.74. The lowest BCUT2D eigenvalue weighted by molar-refractivity contribution is 0.0715. The maximum Gasteiger partial charge on any atom is 0.289 e. The van der Waals surface area contributed by atoms with Crippen molar-refractivity contribution >= 4 is 22.4 Å². The summed E-state index contributed by atoms with van der Waals surface area (Å²) in [6.07, 6.45) is 1.78. The van der Waals surface area contributed by atoms with E-state index >= 15 is 0 Å². The van der Waals surface area contributed by atoms with Crippen LogP contribution in [-0.2, 0) is 0 Å². The van der Waals surface area contributed by atoms with Crippen LogP contribution in [0.1, 0.15) is 10.6 Å². The molecule has 1 fully saturated rings. The molecule has 0 bridgehead atoms. The van der Waals surface area contributed by atoms with Crippen molar-refractivity contribution in [2.45, 2.75) is 0 Å². The number of thiazole rings is 1. The number of piperazine rings is 1. The van der Waals surface area contributed by atoms with E-state index in [1.165, 1.54) is 6.07 Å². The second kappa shape index (κ2) is 6.68. The van der Waals surface area contributed by atoms with Gasteiger partial charge in [0, 0.05) is 37.8 Å². The predicted molar refractivity (Wildman–Crippen MR) is 94.3 cm³/mol. The first-order valence-corrected chi connectivity index (χ1v) is 8.89. The van der Waals surface area contributed by atoms with Crippen LogP contribution in [0, 0.1) is 5.82 Å². The molecule has 1 aliphatic heterocycles. The highest BCUT2D eigenvalue weighted by molar-refractivity contribution is 7.13. The molecule has 128 valence electrons. The van der Waals surface area contributed by atoms with Gasteiger partial charge in [-0.1, -0.05) is 12.1 Å². The van der Waals surface area contributed by atoms with Crippen LogP contribution < -0.4 is 4.90 Å². The minimum Gasteiger partial charge on any atom is -0.451 e. The van der Waals surface area contributed by atoms with E-state index in [0.717, 1.165) is 18.2 Å². The van der Waals surface area contributed by atoms with Gasteiger partial charge in [-0.3, -0.25) is 4.79 Å². The van der Waals surface area contributed by atoms with Gasteiger partial charge in [0.15, 0.2) is 10.9 Å². The van der Waals surface area contributed by atoms with Gasteiger partial charge in [-0.25, -0.2) is 9.37 Å². The fourth-order valence-corrected chi connectivity index (χ4v) is 3.58. The Morgan fingerprint density at radius 1 is 1.12 bits per heavy atom. The zero-order valence-corrected chi connectivity index (χ0v) is 14.2. The highest BCUT2D eigenvalue weighted by Crippen LogP contribution is 2.26. The van der Waals surface area contributed by atoms with Gasteiger partial charge in [0.05, 0.1) is 5.56 Å². The van der Waals surface area contributed by atoms with Crippen molar-refractivity contribution < 1.29 is 13.6 Å². The lowest BCUT2D eigenvalue weighted by Crippen LogP contribution is -2.48. The summed E-state index contributed by atoms with van der Waals surface area (Å²) in [6.45, 7) is 2.68. The number of furan rings is 1. The minimum absolute atomic E-state index is 0.165. The van der Waals surface area contributed by atoms with Crippen molar-refractivity contribution in [2.75, 3.05) is 31.1 Å². The third kappa shape index (κ3) is 3.15. The smallest absolute Gasteiger partial charge is 0.289 e. The highest BCUT2D eigenvalue weighted by Gasteiger charge is 2.25. The predicted octanol–water partition coefficient (Wildman–Crippen LogP) is 3.50. The number of halogens is 1. The van der Waals surface area contributed by atoms with Crippen molar-refractivity contribution in [2.24, 2.45) is 0 Å². The quantitative estimate of drug-likeness (QED) is 0.720. The fourth-order valence-electron chi connectivity index (χ4n) is 2.89. The van der Waals surface area contributed by atoms with Gasteiger partial charge >= 0.3 is 0 Å². The normalized spacial score (nSPS) is 14.8. The molecule has 0 atom stereocenters. The number of carbonyl (C=O) groups is 1. The van der Waals surface area contributed by atoms with Crippen LogP contribution >= 0.6 is 11.3 Å². The van der Waals surface area contributed by atoms with Gasteiger partial charge in [0.25, 0.3) is 5.91 Å². The Morgan fingerprint density at radius 3 is 2.64 bits per heavy atom. The van der Waals surface area contributed by atoms with E-state index in [4.69, 9.17) is 4.42 Å². The summed E-state index contributed by atoms with van der Waals surface area (Å²) in [5, 5.41) is 2.92. The van der Waals surface area contributed by atoms with E-state index < -0.39 is 0 Å². The zero-order chi connectivity index (χ0) is 17.2. The molecule has 1 aliphatic rings. The highest BCUT2D eigenvalue weighted by atomic mass is 32.1. The van der Waals surface area contributed by atoms with Crippen molar-refractivity contribution in [1.82, 2.24) is 9.88 Å². The molecule has 25 heavy (non-hydrogen) atoms. The number of carbonyl (C=O) groups excluding carboxylic acids is 1. The Morgan fingerprint density at radius 2 is 1.92 bits per heavy atom. The molecule has 3 heterocycles. The van der Waals surface area contributed by atoms with E-state index in [2.05, 4.69) is 9.88 Å². The number of hydrogen-bond acceptors (Lipinski definition) is 5. The number of benzene rings is 1. The number of hydrogen-bond donors (Lipinski definition) is 0. The Hall–Kier alpha value is -2.67. The van der Waals surface area contributed by atoms with Crippen LogP contribution in [0.5, 0.6) is 0 Å². The maximum atomic E-state index is 13.9. The topological polar surface area (TPSA) is 49.6 Å². The summed E-state index contributed by atoms with van der Waals surface area (Å²) in [4.78, 5) is 20.9. The molecule has 0 unspecified atom stereocenters. The number of anilines is 1. The molecule has 1 amide bonds. The van der Waals surface area contributed by atoms with Crippen LogP contribution in [0.25, 0.3) is 11.3 Å². The summed E-state index contributed by atoms with van der Waals surface area (Å²) in [6, 6.07) is 9.61. The molecular formula is C18H16FN3O2S. The molecule has 1 saturated heterocycles. The lowest BCUT2D eigenvalue weighted by atomic mass is 10.1. The van der Waals surface area contributed by atoms with Crippen molar-refractivity contribution in [3.8, 4) is 11.3 Å². The van der Waals surface area contributed by atoms with E-state index in [9.17, 15) is 9.18 Å². The Kier molecular flexibility index (Phi) is 4.23. The largest absolute Gasteiger partial charge is 0.451 e. The standard InChI is InChI=1S/C18H16FN3O2S/c19-14-4-2-1-3-13(14)15-5-6-16(24-15)17(23)21-8-10-22(11-9-21)18-20-7-12-25-18/h1-7,12H,8-11H2. The third-order valence-corrected chi connectivity index (χ3v) is 5.05. The summed E-state index contributed by atoms with van der Waals surface area (Å²) in [5.74, 6) is 0.0677. The molecule has 3 aromatic rings. The van der Waals surface area contributed by atoms with E-state index in [0.29, 0.717) is 24.4 Å². The molecule has 5 nitrogen and oxygen atoms in total. The molecule has 4 rings (SSSR count). The number of rotatable bonds is 3. The van der Waals surface area contributed by atoms with E-state index in [1.54, 1.807) is 52.8 Å². The fraction of sp³-hybridized carbons (Fsp3) is 0.222. The van der Waals surface area contributed by atoms with Gasteiger partial charge in [-0.15, -0.1) is 11.3 Å². The van der Waals surface area contributed by atoms with Gasteiger partial charge in [-0.2, -0.15) is 0 Å². The summed E-state index contributed by atoms with van der Waals surface area (Å²) >= 11 is 1.60. The van der Waals surface area contributed by atoms with Crippen LogP contribution in [-0.4, -0.2) is 42.0 Å². The van der Waals surface area contributed by atoms with E-state index in [1.807, 2.05) is 5.38 Å². The van der Waals surface area contributed by atoms with Gasteiger partial charge in [0.1, 0.15) is 11.6 Å². The molecule has 2 aromatic heterocycles. The second-order valence-corrected chi connectivity index (χ2v) is 6.61. The van der Waals surface area contributed by atoms with Crippen molar-refractivity contribution in [3.63, 3.8) is 0 Å². The molecular weight excluding hydrogens is 341 g/mol. The van der Waals surface area contributed by atoms with Crippen LogP contribution in [0.15, 0.2) is 52.4 Å². The maximum absolute atomic E-state index is 13.9. The third-order valence-electron chi connectivity index (χ3n) is 4.21. The number of aromatic nitrogens is 1. The van der Waals surface area contributed by atoms with E-state index in [-0.39, 0.29) is 17.5 Å². The lowest BCUT2D eigenvalue weighted by Gasteiger charge is -2.34. The molecule has 7 heteroatoms. The van der Waals surface area contributed by atoms with Gasteiger partial charge in [0.2, 0.25) is 0 Å². The first kappa shape index (κ1) is 15.8. The van der Waals surface area contributed by atoms with Crippen molar-refractivity contribution in [1.29, 1.82) is 0 Å². The monoisotopic (exact) mass is 357 g/mol. The molecule has 0 radical (unpaired) electrons. The molecule has 1 aromatic carbocycles. The molecule has 0 aliphatic carbocycles. The Balaban J connectivity index is 1.45. The summed E-state index contributed by atoms with van der Waals surface area (Å²) in [7, 11) is 0. The van der Waals surface area contributed by atoms with Crippen LogP contribution in [0.3, 0.4) is 0 Å². The molecule has 0 saturated carbocycles. The zero-order valence-electron chi connectivity index (χ0n) is 13.4. The van der Waals surface area contributed by atoms with Gasteiger partial charge in [-0.05, 0) is 24.3 Å². The Bertz CT molecular complexity index is 870. The summed E-state index contributed by atoms with van der Waals surface area (Å²) in [5.41, 5.74) is 0.357. The van der Waals surface area contributed by atoms with Crippen molar-refractivity contribution in [3.05, 3.63) is 59.6 Å². The van der Waals surface area contributed by atoms with Crippen LogP contribution in [0.2, 0.25) is 0 Å². The first-order valence-electron chi connectivity index (χ1n) is 8.01.